The molecule has 90 valence electrons. The van der Waals surface area contributed by atoms with E-state index in [1.54, 1.807) is 0 Å². The molecule has 1 fully saturated rings. The minimum Gasteiger partial charge on any atom is -0.370 e. The quantitative estimate of drug-likeness (QED) is 0.812. The molecule has 1 saturated heterocycles. The molecule has 0 saturated carbocycles. The molecule has 3 heteroatoms. The Morgan fingerprint density at radius 3 is 2.71 bits per heavy atom. The second kappa shape index (κ2) is 4.08. The number of aromatic nitrogens is 1. The minimum absolute atomic E-state index is 0.388. The number of hydrogen-bond donors (Lipinski definition) is 1. The van der Waals surface area contributed by atoms with Crippen LogP contribution in [0.25, 0.3) is 10.9 Å². The zero-order valence-electron chi connectivity index (χ0n) is 10.3. The minimum atomic E-state index is 0.388. The summed E-state index contributed by atoms with van der Waals surface area (Å²) in [6.07, 6.45) is 4.32. The second-order valence-electron chi connectivity index (χ2n) is 4.97. The Bertz CT molecular complexity index is 521. The first-order valence-corrected chi connectivity index (χ1v) is 6.30. The summed E-state index contributed by atoms with van der Waals surface area (Å²) in [4.78, 5) is 2.46. The highest BCUT2D eigenvalue weighted by Gasteiger charge is 2.18. The lowest BCUT2D eigenvalue weighted by Crippen LogP contribution is -2.39. The Hall–Kier alpha value is -1.48. The van der Waals surface area contributed by atoms with Crippen LogP contribution in [0.15, 0.2) is 30.5 Å². The van der Waals surface area contributed by atoms with Crippen LogP contribution in [-0.4, -0.2) is 23.7 Å². The molecule has 0 aliphatic carbocycles. The highest BCUT2D eigenvalue weighted by Crippen LogP contribution is 2.29. The van der Waals surface area contributed by atoms with E-state index in [1.807, 2.05) is 0 Å². The summed E-state index contributed by atoms with van der Waals surface area (Å²) < 4.78 is 2.21. The standard InChI is InChI=1S/C14H19N3/c1-16-8-5-11-3-2-4-13(14(11)16)17-9-6-12(15)7-10-17/h2-5,8,12H,6-7,9-10,15H2,1H3. The van der Waals surface area contributed by atoms with Gasteiger partial charge in [0.05, 0.1) is 11.2 Å². The first-order valence-electron chi connectivity index (χ1n) is 6.30. The number of nitrogens with two attached hydrogens (primary N) is 1. The van der Waals surface area contributed by atoms with Crippen molar-refractivity contribution in [1.82, 2.24) is 4.57 Å². The number of benzene rings is 1. The van der Waals surface area contributed by atoms with Crippen LogP contribution in [0.5, 0.6) is 0 Å². The molecule has 2 N–H and O–H groups in total. The molecule has 1 aromatic carbocycles. The fourth-order valence-electron chi connectivity index (χ4n) is 2.73. The molecule has 0 bridgehead atoms. The van der Waals surface area contributed by atoms with E-state index in [0.29, 0.717) is 6.04 Å². The van der Waals surface area contributed by atoms with E-state index in [4.69, 9.17) is 5.73 Å². The van der Waals surface area contributed by atoms with Crippen LogP contribution in [0.3, 0.4) is 0 Å². The van der Waals surface area contributed by atoms with Crippen molar-refractivity contribution < 1.29 is 0 Å². The van der Waals surface area contributed by atoms with E-state index in [0.717, 1.165) is 25.9 Å². The van der Waals surface area contributed by atoms with Crippen LogP contribution in [0, 0.1) is 0 Å². The largest absolute Gasteiger partial charge is 0.370 e. The van der Waals surface area contributed by atoms with Gasteiger partial charge in [-0.15, -0.1) is 0 Å². The van der Waals surface area contributed by atoms with Crippen LogP contribution in [0.2, 0.25) is 0 Å². The summed E-state index contributed by atoms with van der Waals surface area (Å²) in [7, 11) is 2.11. The Morgan fingerprint density at radius 1 is 1.18 bits per heavy atom. The second-order valence-corrected chi connectivity index (χ2v) is 4.97. The third-order valence-corrected chi connectivity index (χ3v) is 3.76. The monoisotopic (exact) mass is 229 g/mol. The SMILES string of the molecule is Cn1ccc2cccc(N3CCC(N)CC3)c21. The number of hydrogen-bond acceptors (Lipinski definition) is 2. The van der Waals surface area contributed by atoms with Crippen LogP contribution >= 0.6 is 0 Å². The number of anilines is 1. The molecule has 0 spiro atoms. The van der Waals surface area contributed by atoms with Gasteiger partial charge in [-0.25, -0.2) is 0 Å². The van der Waals surface area contributed by atoms with Gasteiger partial charge in [-0.2, -0.15) is 0 Å². The lowest BCUT2D eigenvalue weighted by molar-refractivity contribution is 0.501. The highest BCUT2D eigenvalue weighted by molar-refractivity contribution is 5.92. The molecule has 17 heavy (non-hydrogen) atoms. The summed E-state index contributed by atoms with van der Waals surface area (Å²) in [5.74, 6) is 0. The lowest BCUT2D eigenvalue weighted by atomic mass is 10.0. The summed E-state index contributed by atoms with van der Waals surface area (Å²) in [5, 5.41) is 1.32. The maximum Gasteiger partial charge on any atom is 0.0715 e. The van der Waals surface area contributed by atoms with Crippen molar-refractivity contribution in [2.75, 3.05) is 18.0 Å². The van der Waals surface area contributed by atoms with Crippen molar-refractivity contribution in [2.24, 2.45) is 12.8 Å². The maximum atomic E-state index is 5.97. The van der Waals surface area contributed by atoms with Gasteiger partial charge in [0.25, 0.3) is 0 Å². The van der Waals surface area contributed by atoms with Gasteiger partial charge in [0, 0.05) is 37.8 Å². The Kier molecular flexibility index (Phi) is 2.56. The molecule has 2 heterocycles. The molecule has 2 aromatic rings. The van der Waals surface area contributed by atoms with Crippen molar-refractivity contribution in [2.45, 2.75) is 18.9 Å². The van der Waals surface area contributed by atoms with Gasteiger partial charge in [0.1, 0.15) is 0 Å². The fraction of sp³-hybridized carbons (Fsp3) is 0.429. The number of nitrogens with zero attached hydrogens (tertiary/aromatic N) is 2. The predicted octanol–water partition coefficient (Wildman–Crippen LogP) is 2.11. The number of fused-ring (bicyclic) bond motifs is 1. The number of para-hydroxylation sites is 1. The number of rotatable bonds is 1. The van der Waals surface area contributed by atoms with Gasteiger partial charge in [0.2, 0.25) is 0 Å². The Morgan fingerprint density at radius 2 is 1.94 bits per heavy atom. The molecular formula is C14H19N3. The molecule has 1 aliphatic rings. The first-order chi connectivity index (χ1) is 8.25. The van der Waals surface area contributed by atoms with Crippen LogP contribution < -0.4 is 10.6 Å². The van der Waals surface area contributed by atoms with E-state index < -0.39 is 0 Å². The van der Waals surface area contributed by atoms with Gasteiger partial charge in [-0.1, -0.05) is 12.1 Å². The molecule has 1 aliphatic heterocycles. The van der Waals surface area contributed by atoms with Gasteiger partial charge < -0.3 is 15.2 Å². The zero-order valence-corrected chi connectivity index (χ0v) is 10.3. The first kappa shape index (κ1) is 10.7. The van der Waals surface area contributed by atoms with Gasteiger partial charge in [-0.3, -0.25) is 0 Å². The highest BCUT2D eigenvalue weighted by atomic mass is 15.2. The topological polar surface area (TPSA) is 34.2 Å². The molecule has 0 unspecified atom stereocenters. The molecule has 1 aromatic heterocycles. The van der Waals surface area contributed by atoms with Crippen molar-refractivity contribution in [1.29, 1.82) is 0 Å². The Labute approximate surface area is 102 Å². The van der Waals surface area contributed by atoms with Gasteiger partial charge in [-0.05, 0) is 25.0 Å². The van der Waals surface area contributed by atoms with Crippen LogP contribution in [0.4, 0.5) is 5.69 Å². The maximum absolute atomic E-state index is 5.97. The summed E-state index contributed by atoms with van der Waals surface area (Å²) in [6, 6.07) is 9.10. The predicted molar refractivity (Wildman–Crippen MR) is 72.3 cm³/mol. The van der Waals surface area contributed by atoms with E-state index in [-0.39, 0.29) is 0 Å². The van der Waals surface area contributed by atoms with Crippen LogP contribution in [0.1, 0.15) is 12.8 Å². The normalized spacial score (nSPS) is 17.9. The molecular weight excluding hydrogens is 210 g/mol. The van der Waals surface area contributed by atoms with E-state index in [2.05, 4.69) is 47.0 Å². The molecule has 0 atom stereocenters. The van der Waals surface area contributed by atoms with Gasteiger partial charge >= 0.3 is 0 Å². The third kappa shape index (κ3) is 1.80. The summed E-state index contributed by atoms with van der Waals surface area (Å²) >= 11 is 0. The number of piperidine rings is 1. The smallest absolute Gasteiger partial charge is 0.0715 e. The van der Waals surface area contributed by atoms with Crippen molar-refractivity contribution in [3.63, 3.8) is 0 Å². The third-order valence-electron chi connectivity index (χ3n) is 3.76. The zero-order chi connectivity index (χ0) is 11.8. The summed E-state index contributed by atoms with van der Waals surface area (Å²) in [6.45, 7) is 2.15. The van der Waals surface area contributed by atoms with Crippen molar-refractivity contribution in [3.05, 3.63) is 30.5 Å². The van der Waals surface area contributed by atoms with Crippen LogP contribution in [-0.2, 0) is 7.05 Å². The molecule has 3 rings (SSSR count). The molecule has 0 radical (unpaired) electrons. The molecule has 3 nitrogen and oxygen atoms in total. The summed E-state index contributed by atoms with van der Waals surface area (Å²) in [5.41, 5.74) is 8.65. The van der Waals surface area contributed by atoms with E-state index in [9.17, 15) is 0 Å². The van der Waals surface area contributed by atoms with Crippen molar-refractivity contribution in [3.8, 4) is 0 Å². The van der Waals surface area contributed by atoms with E-state index >= 15 is 0 Å². The van der Waals surface area contributed by atoms with E-state index in [1.165, 1.54) is 16.6 Å². The van der Waals surface area contributed by atoms with Gasteiger partial charge in [0.15, 0.2) is 0 Å². The molecule has 0 amide bonds. The van der Waals surface area contributed by atoms with Crippen molar-refractivity contribution >= 4 is 16.6 Å². The fourth-order valence-corrected chi connectivity index (χ4v) is 2.73. The lowest BCUT2D eigenvalue weighted by Gasteiger charge is -2.32. The Balaban J connectivity index is 2.02. The average Bonchev–Trinajstić information content (AvgIpc) is 2.73. The number of aryl methyl sites for hydroxylation is 1. The average molecular weight is 229 g/mol.